The Kier molecular flexibility index (Phi) is 5.80. The molecular weight excluding hydrogens is 284 g/mol. The van der Waals surface area contributed by atoms with Crippen molar-refractivity contribution in [2.24, 2.45) is 11.7 Å². The van der Waals surface area contributed by atoms with Gasteiger partial charge in [-0.1, -0.05) is 11.8 Å². The van der Waals surface area contributed by atoms with E-state index in [2.05, 4.69) is 11.8 Å². The lowest BCUT2D eigenvalue weighted by molar-refractivity contribution is 0.0499. The van der Waals surface area contributed by atoms with Crippen LogP contribution in [-0.2, 0) is 4.74 Å². The van der Waals surface area contributed by atoms with Gasteiger partial charge in [-0.3, -0.25) is 4.79 Å². The monoisotopic (exact) mass is 306 g/mol. The van der Waals surface area contributed by atoms with Crippen LogP contribution in [-0.4, -0.2) is 44.2 Å². The van der Waals surface area contributed by atoms with Crippen molar-refractivity contribution in [2.75, 3.05) is 33.4 Å². The summed E-state index contributed by atoms with van der Waals surface area (Å²) in [5.41, 5.74) is 6.44. The predicted octanol–water partition coefficient (Wildman–Crippen LogP) is 1.87. The maximum absolute atomic E-state index is 12.5. The smallest absolute Gasteiger partial charge is 0.263 e. The van der Waals surface area contributed by atoms with Crippen molar-refractivity contribution in [3.8, 4) is 11.8 Å². The lowest BCUT2D eigenvalue weighted by Gasteiger charge is -2.26. The number of carbonyl (C=O) groups excluding carboxylic acids is 1. The summed E-state index contributed by atoms with van der Waals surface area (Å²) in [6.45, 7) is 4.73. The number of rotatable bonds is 3. The number of carbonyl (C=O) groups is 1. The second-order valence-corrected chi connectivity index (χ2v) is 6.42. The highest BCUT2D eigenvalue weighted by molar-refractivity contribution is 7.14. The van der Waals surface area contributed by atoms with E-state index in [4.69, 9.17) is 10.5 Å². The van der Waals surface area contributed by atoms with Crippen molar-refractivity contribution in [1.29, 1.82) is 0 Å². The summed E-state index contributed by atoms with van der Waals surface area (Å²) >= 11 is 1.45. The maximum atomic E-state index is 12.5. The van der Waals surface area contributed by atoms with Crippen LogP contribution < -0.4 is 5.73 Å². The SMILES string of the molecule is Cc1cc(C(=O)N(C)CC2CCOCC2)sc1C#CCN. The van der Waals surface area contributed by atoms with Gasteiger partial charge in [-0.15, -0.1) is 11.3 Å². The van der Waals surface area contributed by atoms with Gasteiger partial charge >= 0.3 is 0 Å². The van der Waals surface area contributed by atoms with Crippen LogP contribution in [0.15, 0.2) is 6.07 Å². The van der Waals surface area contributed by atoms with E-state index in [1.807, 2.05) is 24.9 Å². The highest BCUT2D eigenvalue weighted by Crippen LogP contribution is 2.23. The lowest BCUT2D eigenvalue weighted by atomic mass is 10.00. The van der Waals surface area contributed by atoms with Gasteiger partial charge in [-0.05, 0) is 37.3 Å². The molecule has 21 heavy (non-hydrogen) atoms. The molecule has 2 N–H and O–H groups in total. The number of amides is 1. The Hall–Kier alpha value is -1.35. The molecule has 0 aliphatic carbocycles. The summed E-state index contributed by atoms with van der Waals surface area (Å²) in [6.07, 6.45) is 2.07. The quantitative estimate of drug-likeness (QED) is 0.867. The van der Waals surface area contributed by atoms with Crippen LogP contribution in [0, 0.1) is 24.7 Å². The third-order valence-corrected chi connectivity index (χ3v) is 4.79. The van der Waals surface area contributed by atoms with E-state index in [0.717, 1.165) is 47.9 Å². The molecule has 0 unspecified atom stereocenters. The molecule has 0 radical (unpaired) electrons. The zero-order valence-electron chi connectivity index (χ0n) is 12.6. The van der Waals surface area contributed by atoms with Crippen LogP contribution in [0.4, 0.5) is 0 Å². The second-order valence-electron chi connectivity index (χ2n) is 5.37. The van der Waals surface area contributed by atoms with E-state index in [1.54, 1.807) is 0 Å². The number of nitrogens with zero attached hydrogens (tertiary/aromatic N) is 1. The topological polar surface area (TPSA) is 55.6 Å². The summed E-state index contributed by atoms with van der Waals surface area (Å²) in [5, 5.41) is 0. The Morgan fingerprint density at radius 2 is 2.24 bits per heavy atom. The Morgan fingerprint density at radius 1 is 1.52 bits per heavy atom. The molecule has 0 aromatic carbocycles. The van der Waals surface area contributed by atoms with E-state index >= 15 is 0 Å². The van der Waals surface area contributed by atoms with Crippen LogP contribution in [0.5, 0.6) is 0 Å². The minimum Gasteiger partial charge on any atom is -0.381 e. The van der Waals surface area contributed by atoms with Crippen molar-refractivity contribution in [1.82, 2.24) is 4.90 Å². The highest BCUT2D eigenvalue weighted by Gasteiger charge is 2.21. The molecule has 0 atom stereocenters. The fourth-order valence-electron chi connectivity index (χ4n) is 2.43. The first-order chi connectivity index (χ1) is 10.1. The summed E-state index contributed by atoms with van der Waals surface area (Å²) in [7, 11) is 1.87. The van der Waals surface area contributed by atoms with Gasteiger partial charge in [0, 0.05) is 26.8 Å². The van der Waals surface area contributed by atoms with Crippen LogP contribution in [0.1, 0.15) is 33.0 Å². The number of ether oxygens (including phenoxy) is 1. The Labute approximate surface area is 130 Å². The van der Waals surface area contributed by atoms with Crippen LogP contribution in [0.2, 0.25) is 0 Å². The van der Waals surface area contributed by atoms with Crippen molar-refractivity contribution >= 4 is 17.2 Å². The maximum Gasteiger partial charge on any atom is 0.263 e. The largest absolute Gasteiger partial charge is 0.381 e. The summed E-state index contributed by atoms with van der Waals surface area (Å²) < 4.78 is 5.36. The number of aryl methyl sites for hydroxylation is 1. The van der Waals surface area contributed by atoms with Gasteiger partial charge in [-0.25, -0.2) is 0 Å². The van der Waals surface area contributed by atoms with Gasteiger partial charge < -0.3 is 15.4 Å². The summed E-state index contributed by atoms with van der Waals surface area (Å²) in [6, 6.07) is 1.92. The van der Waals surface area contributed by atoms with Gasteiger partial charge in [0.15, 0.2) is 0 Å². The van der Waals surface area contributed by atoms with Gasteiger partial charge in [0.1, 0.15) is 0 Å². The zero-order valence-corrected chi connectivity index (χ0v) is 13.5. The fraction of sp³-hybridized carbons (Fsp3) is 0.562. The van der Waals surface area contributed by atoms with Gasteiger partial charge in [0.05, 0.1) is 16.3 Å². The third kappa shape index (κ3) is 4.31. The molecule has 1 saturated heterocycles. The summed E-state index contributed by atoms with van der Waals surface area (Å²) in [5.74, 6) is 6.49. The zero-order chi connectivity index (χ0) is 15.2. The van der Waals surface area contributed by atoms with Crippen molar-refractivity contribution < 1.29 is 9.53 Å². The minimum absolute atomic E-state index is 0.0791. The standard InChI is InChI=1S/C16H22N2O2S/c1-12-10-15(21-14(12)4-3-7-17)16(19)18(2)11-13-5-8-20-9-6-13/h10,13H,5-9,11,17H2,1-2H3. The number of thiophene rings is 1. The Bertz CT molecular complexity index is 550. The summed E-state index contributed by atoms with van der Waals surface area (Å²) in [4.78, 5) is 16.0. The molecule has 1 aromatic rings. The van der Waals surface area contributed by atoms with Crippen LogP contribution >= 0.6 is 11.3 Å². The number of hydrogen-bond donors (Lipinski definition) is 1. The Balaban J connectivity index is 2.01. The minimum atomic E-state index is 0.0791. The molecule has 0 saturated carbocycles. The molecule has 1 fully saturated rings. The molecule has 0 spiro atoms. The van der Waals surface area contributed by atoms with E-state index in [9.17, 15) is 4.79 Å². The average Bonchev–Trinajstić information content (AvgIpc) is 2.86. The molecular formula is C16H22N2O2S. The number of hydrogen-bond acceptors (Lipinski definition) is 4. The Morgan fingerprint density at radius 3 is 2.90 bits per heavy atom. The number of nitrogens with two attached hydrogens (primary N) is 1. The lowest BCUT2D eigenvalue weighted by Crippen LogP contribution is -2.33. The first-order valence-corrected chi connectivity index (χ1v) is 8.06. The predicted molar refractivity (Wildman–Crippen MR) is 85.5 cm³/mol. The van der Waals surface area contributed by atoms with E-state index < -0.39 is 0 Å². The van der Waals surface area contributed by atoms with Gasteiger partial charge in [0.25, 0.3) is 5.91 Å². The van der Waals surface area contributed by atoms with E-state index in [-0.39, 0.29) is 5.91 Å². The molecule has 2 heterocycles. The van der Waals surface area contributed by atoms with Crippen LogP contribution in [0.3, 0.4) is 0 Å². The normalized spacial score (nSPS) is 15.4. The molecule has 4 nitrogen and oxygen atoms in total. The van der Waals surface area contributed by atoms with Crippen molar-refractivity contribution in [3.05, 3.63) is 21.4 Å². The molecule has 1 aliphatic heterocycles. The molecule has 114 valence electrons. The fourth-order valence-corrected chi connectivity index (χ4v) is 3.47. The third-order valence-electron chi connectivity index (χ3n) is 3.65. The molecule has 1 amide bonds. The van der Waals surface area contributed by atoms with Crippen molar-refractivity contribution in [3.63, 3.8) is 0 Å². The molecule has 2 rings (SSSR count). The molecule has 5 heteroatoms. The second kappa shape index (κ2) is 7.60. The van der Waals surface area contributed by atoms with E-state index in [1.165, 1.54) is 11.3 Å². The average molecular weight is 306 g/mol. The molecule has 1 aromatic heterocycles. The molecule has 1 aliphatic rings. The van der Waals surface area contributed by atoms with Gasteiger partial charge in [0.2, 0.25) is 0 Å². The van der Waals surface area contributed by atoms with Crippen molar-refractivity contribution in [2.45, 2.75) is 19.8 Å². The highest BCUT2D eigenvalue weighted by atomic mass is 32.1. The van der Waals surface area contributed by atoms with E-state index in [0.29, 0.717) is 12.5 Å². The molecule has 0 bridgehead atoms. The first kappa shape index (κ1) is 16.0. The van der Waals surface area contributed by atoms with Gasteiger partial charge in [-0.2, -0.15) is 0 Å². The first-order valence-electron chi connectivity index (χ1n) is 7.24. The van der Waals surface area contributed by atoms with Crippen LogP contribution in [0.25, 0.3) is 0 Å².